The van der Waals surface area contributed by atoms with Gasteiger partial charge in [0.2, 0.25) is 0 Å². The monoisotopic (exact) mass is 285 g/mol. The van der Waals surface area contributed by atoms with Crippen molar-refractivity contribution in [3.05, 3.63) is 58.7 Å². The van der Waals surface area contributed by atoms with Gasteiger partial charge in [0.15, 0.2) is 0 Å². The highest BCUT2D eigenvalue weighted by Gasteiger charge is 2.08. The highest BCUT2D eigenvalue weighted by Crippen LogP contribution is 2.22. The summed E-state index contributed by atoms with van der Waals surface area (Å²) in [7, 11) is 1.37. The maximum Gasteiger partial charge on any atom is 0.337 e. The van der Waals surface area contributed by atoms with Crippen molar-refractivity contribution in [2.24, 2.45) is 0 Å². The van der Waals surface area contributed by atoms with E-state index in [2.05, 4.69) is 5.32 Å². The van der Waals surface area contributed by atoms with E-state index in [-0.39, 0.29) is 11.7 Å². The molecule has 0 aromatic heterocycles. The van der Waals surface area contributed by atoms with Gasteiger partial charge in [-0.15, -0.1) is 0 Å². The number of carbonyl (C=O) groups is 1. The Balaban J connectivity index is 2.13. The van der Waals surface area contributed by atoms with Crippen molar-refractivity contribution < 1.29 is 14.6 Å². The molecule has 21 heavy (non-hydrogen) atoms. The SMILES string of the molecule is COC(=O)c1ccc(NCc2cc(C)ccc2O)c(C)c1. The molecule has 0 atom stereocenters. The molecule has 4 nitrogen and oxygen atoms in total. The molecule has 0 saturated carbocycles. The molecule has 0 heterocycles. The molecule has 0 saturated heterocycles. The van der Waals surface area contributed by atoms with Gasteiger partial charge in [0.1, 0.15) is 5.75 Å². The first-order chi connectivity index (χ1) is 10.0. The van der Waals surface area contributed by atoms with E-state index in [1.165, 1.54) is 7.11 Å². The van der Waals surface area contributed by atoms with Crippen LogP contribution < -0.4 is 5.32 Å². The van der Waals surface area contributed by atoms with Gasteiger partial charge in [-0.3, -0.25) is 0 Å². The van der Waals surface area contributed by atoms with Gasteiger partial charge in [0, 0.05) is 17.8 Å². The summed E-state index contributed by atoms with van der Waals surface area (Å²) in [5, 5.41) is 13.1. The zero-order chi connectivity index (χ0) is 15.4. The number of hydrogen-bond donors (Lipinski definition) is 2. The molecule has 0 aliphatic heterocycles. The molecule has 2 N–H and O–H groups in total. The third-order valence-electron chi connectivity index (χ3n) is 3.35. The van der Waals surface area contributed by atoms with E-state index in [9.17, 15) is 9.90 Å². The van der Waals surface area contributed by atoms with Crippen molar-refractivity contribution >= 4 is 11.7 Å². The number of phenols is 1. The summed E-state index contributed by atoms with van der Waals surface area (Å²) in [6.45, 7) is 4.43. The first-order valence-corrected chi connectivity index (χ1v) is 6.72. The third kappa shape index (κ3) is 3.54. The molecule has 4 heteroatoms. The fourth-order valence-corrected chi connectivity index (χ4v) is 2.15. The molecular formula is C17H19NO3. The molecule has 2 aromatic carbocycles. The van der Waals surface area contributed by atoms with Crippen LogP contribution in [0.15, 0.2) is 36.4 Å². The van der Waals surface area contributed by atoms with Gasteiger partial charge in [0.05, 0.1) is 12.7 Å². The summed E-state index contributed by atoms with van der Waals surface area (Å²) in [5.74, 6) is -0.0714. The predicted octanol–water partition coefficient (Wildman–Crippen LogP) is 3.41. The fourth-order valence-electron chi connectivity index (χ4n) is 2.15. The standard InChI is InChI=1S/C17H19NO3/c1-11-4-7-16(19)14(8-11)10-18-15-6-5-13(9-12(15)2)17(20)21-3/h4-9,18-19H,10H2,1-3H3. The molecule has 0 amide bonds. The second-order valence-corrected chi connectivity index (χ2v) is 5.01. The number of esters is 1. The maximum atomic E-state index is 11.5. The minimum absolute atomic E-state index is 0.275. The summed E-state index contributed by atoms with van der Waals surface area (Å²) in [5.41, 5.74) is 4.33. The van der Waals surface area contributed by atoms with Crippen molar-refractivity contribution in [3.8, 4) is 5.75 Å². The van der Waals surface area contributed by atoms with Gasteiger partial charge in [0.25, 0.3) is 0 Å². The zero-order valence-electron chi connectivity index (χ0n) is 12.4. The van der Waals surface area contributed by atoms with Crippen molar-refractivity contribution in [1.29, 1.82) is 0 Å². The normalized spacial score (nSPS) is 10.2. The van der Waals surface area contributed by atoms with Crippen LogP contribution in [0.3, 0.4) is 0 Å². The smallest absolute Gasteiger partial charge is 0.337 e. The third-order valence-corrected chi connectivity index (χ3v) is 3.35. The van der Waals surface area contributed by atoms with E-state index in [0.717, 1.165) is 22.4 Å². The number of anilines is 1. The van der Waals surface area contributed by atoms with Crippen LogP contribution in [0, 0.1) is 13.8 Å². The van der Waals surface area contributed by atoms with Crippen LogP contribution in [0.5, 0.6) is 5.75 Å². The first-order valence-electron chi connectivity index (χ1n) is 6.72. The lowest BCUT2D eigenvalue weighted by Gasteiger charge is -2.12. The molecule has 0 fully saturated rings. The van der Waals surface area contributed by atoms with E-state index in [1.807, 2.05) is 32.0 Å². The lowest BCUT2D eigenvalue weighted by Crippen LogP contribution is -2.05. The molecule has 0 bridgehead atoms. The van der Waals surface area contributed by atoms with Crippen molar-refractivity contribution in [1.82, 2.24) is 0 Å². The number of nitrogens with one attached hydrogen (secondary N) is 1. The second kappa shape index (κ2) is 6.31. The average Bonchev–Trinajstić information content (AvgIpc) is 2.48. The highest BCUT2D eigenvalue weighted by molar-refractivity contribution is 5.90. The first kappa shape index (κ1) is 14.9. The van der Waals surface area contributed by atoms with Crippen LogP contribution in [0.4, 0.5) is 5.69 Å². The lowest BCUT2D eigenvalue weighted by molar-refractivity contribution is 0.0600. The van der Waals surface area contributed by atoms with Crippen molar-refractivity contribution in [3.63, 3.8) is 0 Å². The Bertz CT molecular complexity index is 665. The topological polar surface area (TPSA) is 58.6 Å². The number of phenolic OH excluding ortho intramolecular Hbond substituents is 1. The van der Waals surface area contributed by atoms with Gasteiger partial charge >= 0.3 is 5.97 Å². The molecule has 2 aromatic rings. The Morgan fingerprint density at radius 2 is 1.95 bits per heavy atom. The predicted molar refractivity (Wildman–Crippen MR) is 82.7 cm³/mol. The Morgan fingerprint density at radius 1 is 1.19 bits per heavy atom. The highest BCUT2D eigenvalue weighted by atomic mass is 16.5. The summed E-state index contributed by atoms with van der Waals surface area (Å²) < 4.78 is 4.70. The minimum Gasteiger partial charge on any atom is -0.508 e. The molecule has 0 aliphatic rings. The number of methoxy groups -OCH3 is 1. The quantitative estimate of drug-likeness (QED) is 0.845. The number of aromatic hydroxyl groups is 1. The second-order valence-electron chi connectivity index (χ2n) is 5.01. The van der Waals surface area contributed by atoms with E-state index in [0.29, 0.717) is 12.1 Å². The Hall–Kier alpha value is -2.49. The molecule has 110 valence electrons. The number of rotatable bonds is 4. The van der Waals surface area contributed by atoms with Gasteiger partial charge in [-0.2, -0.15) is 0 Å². The Kier molecular flexibility index (Phi) is 4.48. The molecule has 0 aliphatic carbocycles. The van der Waals surface area contributed by atoms with Crippen LogP contribution in [0.1, 0.15) is 27.0 Å². The number of carbonyl (C=O) groups excluding carboxylic acids is 1. The lowest BCUT2D eigenvalue weighted by atomic mass is 10.1. The fraction of sp³-hybridized carbons (Fsp3) is 0.235. The van der Waals surface area contributed by atoms with Gasteiger partial charge < -0.3 is 15.2 Å². The number of benzene rings is 2. The van der Waals surface area contributed by atoms with Crippen LogP contribution in [-0.2, 0) is 11.3 Å². The van der Waals surface area contributed by atoms with Crippen LogP contribution in [-0.4, -0.2) is 18.2 Å². The molecule has 0 radical (unpaired) electrons. The summed E-state index contributed by atoms with van der Waals surface area (Å²) in [4.78, 5) is 11.5. The van der Waals surface area contributed by atoms with Crippen LogP contribution in [0.25, 0.3) is 0 Å². The average molecular weight is 285 g/mol. The van der Waals surface area contributed by atoms with E-state index < -0.39 is 0 Å². The molecular weight excluding hydrogens is 266 g/mol. The maximum absolute atomic E-state index is 11.5. The van der Waals surface area contributed by atoms with Crippen molar-refractivity contribution in [2.45, 2.75) is 20.4 Å². The van der Waals surface area contributed by atoms with Crippen LogP contribution in [0.2, 0.25) is 0 Å². The van der Waals surface area contributed by atoms with E-state index in [1.54, 1.807) is 18.2 Å². The summed E-state index contributed by atoms with van der Waals surface area (Å²) in [6.07, 6.45) is 0. The molecule has 0 unspecified atom stereocenters. The number of aryl methyl sites for hydroxylation is 2. The van der Waals surface area contributed by atoms with Crippen LogP contribution >= 0.6 is 0 Å². The van der Waals surface area contributed by atoms with Gasteiger partial charge in [-0.1, -0.05) is 17.7 Å². The number of ether oxygens (including phenoxy) is 1. The van der Waals surface area contributed by atoms with Gasteiger partial charge in [-0.05, 0) is 43.7 Å². The van der Waals surface area contributed by atoms with E-state index in [4.69, 9.17) is 4.74 Å². The largest absolute Gasteiger partial charge is 0.508 e. The summed E-state index contributed by atoms with van der Waals surface area (Å²) >= 11 is 0. The number of hydrogen-bond acceptors (Lipinski definition) is 4. The Labute approximate surface area is 124 Å². The summed E-state index contributed by atoms with van der Waals surface area (Å²) in [6, 6.07) is 10.9. The van der Waals surface area contributed by atoms with E-state index >= 15 is 0 Å². The minimum atomic E-state index is -0.346. The zero-order valence-corrected chi connectivity index (χ0v) is 12.4. The van der Waals surface area contributed by atoms with Gasteiger partial charge in [-0.25, -0.2) is 4.79 Å². The Morgan fingerprint density at radius 3 is 2.62 bits per heavy atom. The molecule has 2 rings (SSSR count). The van der Waals surface area contributed by atoms with Crippen molar-refractivity contribution in [2.75, 3.05) is 12.4 Å². The molecule has 0 spiro atoms.